The molecule has 11 nitrogen and oxygen atoms in total. The van der Waals surface area contributed by atoms with Crippen molar-refractivity contribution in [2.24, 2.45) is 10.8 Å². The summed E-state index contributed by atoms with van der Waals surface area (Å²) in [7, 11) is 2.44. The summed E-state index contributed by atoms with van der Waals surface area (Å²) in [6.45, 7) is 7.35. The first-order chi connectivity index (χ1) is 16.4. The Hall–Kier alpha value is -3.76. The Morgan fingerprint density at radius 3 is 2.29 bits per heavy atom. The minimum Gasteiger partial charge on any atom is -0.465 e. The van der Waals surface area contributed by atoms with Gasteiger partial charge in [0.2, 0.25) is 11.6 Å². The Labute approximate surface area is 203 Å². The Kier molecular flexibility index (Phi) is 6.12. The maximum Gasteiger partial charge on any atom is 0.353 e. The van der Waals surface area contributed by atoms with E-state index in [1.807, 2.05) is 4.90 Å². The van der Waals surface area contributed by atoms with Gasteiger partial charge in [-0.05, 0) is 48.3 Å². The number of hydrogen-bond donors (Lipinski definition) is 1. The smallest absolute Gasteiger partial charge is 0.353 e. The predicted molar refractivity (Wildman–Crippen MR) is 128 cm³/mol. The second-order valence-electron chi connectivity index (χ2n) is 10.4. The molecule has 2 fully saturated rings. The van der Waals surface area contributed by atoms with E-state index < -0.39 is 16.9 Å². The Morgan fingerprint density at radius 2 is 1.71 bits per heavy atom. The van der Waals surface area contributed by atoms with Crippen molar-refractivity contribution in [2.75, 3.05) is 31.0 Å². The highest BCUT2D eigenvalue weighted by Crippen LogP contribution is 2.54. The van der Waals surface area contributed by atoms with Crippen molar-refractivity contribution in [1.29, 1.82) is 0 Å². The van der Waals surface area contributed by atoms with Gasteiger partial charge in [0.1, 0.15) is 6.33 Å². The number of anilines is 3. The highest BCUT2D eigenvalue weighted by molar-refractivity contribution is 5.97. The lowest BCUT2D eigenvalue weighted by Crippen LogP contribution is -2.35. The normalized spacial score (nSPS) is 22.4. The molecule has 0 radical (unpaired) electrons. The van der Waals surface area contributed by atoms with Crippen molar-refractivity contribution in [2.45, 2.75) is 46.1 Å². The molecule has 1 N–H and O–H groups in total. The molecular formula is C24H29N5O6. The lowest BCUT2D eigenvalue weighted by atomic mass is 9.65. The number of esters is 2. The second kappa shape index (κ2) is 8.79. The van der Waals surface area contributed by atoms with Crippen molar-refractivity contribution in [3.05, 3.63) is 45.8 Å². The zero-order valence-electron chi connectivity index (χ0n) is 20.5. The standard InChI is InChI=1S/C24H29N5O6/c1-23(2)9-17-10-24(3,11-23)12-28(17)20-18(29(32)33)19(25-13-26-20)27-16-7-14(21(30)34-4)6-15(8-16)22(31)35-5/h6-8,13,17H,9-12H2,1-5H3,(H,25,26,27). The SMILES string of the molecule is COC(=O)c1cc(Nc2ncnc(N3CC4(C)CC3CC(C)(C)C4)c2[N+](=O)[O-])cc(C(=O)OC)c1. The first kappa shape index (κ1) is 24.4. The van der Waals surface area contributed by atoms with Gasteiger partial charge in [0, 0.05) is 18.3 Å². The van der Waals surface area contributed by atoms with Crippen LogP contribution in [0.5, 0.6) is 0 Å². The fourth-order valence-corrected chi connectivity index (χ4v) is 5.85. The molecule has 2 bridgehead atoms. The van der Waals surface area contributed by atoms with Crippen LogP contribution in [-0.4, -0.2) is 53.6 Å². The van der Waals surface area contributed by atoms with E-state index in [0.717, 1.165) is 19.3 Å². The van der Waals surface area contributed by atoms with E-state index >= 15 is 0 Å². The summed E-state index contributed by atoms with van der Waals surface area (Å²) in [5.74, 6) is -1.12. The molecule has 2 aliphatic rings. The van der Waals surface area contributed by atoms with Crippen LogP contribution < -0.4 is 10.2 Å². The lowest BCUT2D eigenvalue weighted by Gasteiger charge is -2.39. The van der Waals surface area contributed by atoms with E-state index in [1.165, 1.54) is 38.7 Å². The molecule has 2 heterocycles. The summed E-state index contributed by atoms with van der Waals surface area (Å²) in [5, 5.41) is 15.1. The van der Waals surface area contributed by atoms with Gasteiger partial charge < -0.3 is 19.7 Å². The van der Waals surface area contributed by atoms with Crippen molar-refractivity contribution in [1.82, 2.24) is 9.97 Å². The number of carbonyl (C=O) groups is 2. The number of nitrogens with zero attached hydrogens (tertiary/aromatic N) is 4. The van der Waals surface area contributed by atoms with E-state index in [-0.39, 0.29) is 51.0 Å². The predicted octanol–water partition coefficient (Wildman–Crippen LogP) is 4.11. The molecule has 1 saturated carbocycles. The molecule has 1 aliphatic carbocycles. The number of benzene rings is 1. The molecule has 0 spiro atoms. The number of ether oxygens (including phenoxy) is 2. The maximum absolute atomic E-state index is 12.2. The monoisotopic (exact) mass is 483 g/mol. The summed E-state index contributed by atoms with van der Waals surface area (Å²) >= 11 is 0. The van der Waals surface area contributed by atoms with Crippen LogP contribution in [0, 0.1) is 20.9 Å². The van der Waals surface area contributed by atoms with Crippen LogP contribution in [0.25, 0.3) is 0 Å². The van der Waals surface area contributed by atoms with Gasteiger partial charge in [-0.1, -0.05) is 20.8 Å². The Balaban J connectivity index is 1.75. The topological polar surface area (TPSA) is 137 Å². The van der Waals surface area contributed by atoms with Gasteiger partial charge in [-0.25, -0.2) is 19.6 Å². The van der Waals surface area contributed by atoms with Crippen molar-refractivity contribution < 1.29 is 24.0 Å². The van der Waals surface area contributed by atoms with E-state index in [0.29, 0.717) is 6.54 Å². The number of hydrogen-bond acceptors (Lipinski definition) is 10. The van der Waals surface area contributed by atoms with Crippen molar-refractivity contribution in [3.8, 4) is 0 Å². The van der Waals surface area contributed by atoms with Crippen LogP contribution in [0.2, 0.25) is 0 Å². The molecular weight excluding hydrogens is 454 g/mol. The third-order valence-corrected chi connectivity index (χ3v) is 6.71. The fraction of sp³-hybridized carbons (Fsp3) is 0.500. The van der Waals surface area contributed by atoms with Crippen molar-refractivity contribution in [3.63, 3.8) is 0 Å². The Morgan fingerprint density at radius 1 is 1.09 bits per heavy atom. The quantitative estimate of drug-likeness (QED) is 0.363. The third-order valence-electron chi connectivity index (χ3n) is 6.71. The average Bonchev–Trinajstić information content (AvgIpc) is 3.05. The third kappa shape index (κ3) is 4.75. The van der Waals surface area contributed by atoms with Crippen LogP contribution in [0.15, 0.2) is 24.5 Å². The van der Waals surface area contributed by atoms with Gasteiger partial charge in [0.25, 0.3) is 0 Å². The van der Waals surface area contributed by atoms with Crippen molar-refractivity contribution >= 4 is 34.9 Å². The summed E-state index contributed by atoms with van der Waals surface area (Å²) in [6, 6.07) is 4.32. The van der Waals surface area contributed by atoms with E-state index in [2.05, 4.69) is 36.1 Å². The van der Waals surface area contributed by atoms with Gasteiger partial charge in [-0.2, -0.15) is 0 Å². The molecule has 1 aromatic heterocycles. The molecule has 1 aromatic carbocycles. The van der Waals surface area contributed by atoms with Gasteiger partial charge in [0.15, 0.2) is 0 Å². The van der Waals surface area contributed by atoms with Crippen LogP contribution in [0.4, 0.5) is 23.0 Å². The maximum atomic E-state index is 12.2. The lowest BCUT2D eigenvalue weighted by molar-refractivity contribution is -0.383. The number of nitro groups is 1. The number of nitrogens with one attached hydrogen (secondary N) is 1. The van der Waals surface area contributed by atoms with Crippen LogP contribution >= 0.6 is 0 Å². The van der Waals surface area contributed by atoms with Gasteiger partial charge in [-0.15, -0.1) is 0 Å². The molecule has 11 heteroatoms. The zero-order chi connectivity index (χ0) is 25.5. The average molecular weight is 484 g/mol. The molecule has 0 amide bonds. The number of rotatable bonds is 6. The van der Waals surface area contributed by atoms with Crippen LogP contribution in [0.3, 0.4) is 0 Å². The molecule has 1 saturated heterocycles. The second-order valence-corrected chi connectivity index (χ2v) is 10.4. The summed E-state index contributed by atoms with van der Waals surface area (Å²) in [5.41, 5.74) is 0.326. The summed E-state index contributed by atoms with van der Waals surface area (Å²) in [6.07, 6.45) is 4.18. The van der Waals surface area contributed by atoms with E-state index in [9.17, 15) is 19.7 Å². The molecule has 2 unspecified atom stereocenters. The van der Waals surface area contributed by atoms with Crippen LogP contribution in [-0.2, 0) is 9.47 Å². The van der Waals surface area contributed by atoms with Gasteiger partial charge in [0.05, 0.1) is 30.3 Å². The highest BCUT2D eigenvalue weighted by Gasteiger charge is 2.51. The minimum atomic E-state index is -0.670. The number of methoxy groups -OCH3 is 2. The Bertz CT molecular complexity index is 1160. The summed E-state index contributed by atoms with van der Waals surface area (Å²) < 4.78 is 9.53. The minimum absolute atomic E-state index is 0.0382. The largest absolute Gasteiger partial charge is 0.465 e. The number of carbonyl (C=O) groups excluding carboxylic acids is 2. The molecule has 2 aromatic rings. The molecule has 2 atom stereocenters. The number of aromatic nitrogens is 2. The molecule has 186 valence electrons. The molecule has 35 heavy (non-hydrogen) atoms. The van der Waals surface area contributed by atoms with E-state index in [1.54, 1.807) is 0 Å². The summed E-state index contributed by atoms with van der Waals surface area (Å²) in [4.78, 5) is 46.5. The van der Waals surface area contributed by atoms with Crippen LogP contribution in [0.1, 0.15) is 60.7 Å². The first-order valence-electron chi connectivity index (χ1n) is 11.3. The molecule has 4 rings (SSSR count). The number of fused-ring (bicyclic) bond motifs is 2. The molecule has 1 aliphatic heterocycles. The van der Waals surface area contributed by atoms with Gasteiger partial charge in [-0.3, -0.25) is 10.1 Å². The highest BCUT2D eigenvalue weighted by atomic mass is 16.6. The van der Waals surface area contributed by atoms with Gasteiger partial charge >= 0.3 is 17.6 Å². The first-order valence-corrected chi connectivity index (χ1v) is 11.3. The van der Waals surface area contributed by atoms with E-state index in [4.69, 9.17) is 9.47 Å². The zero-order valence-corrected chi connectivity index (χ0v) is 20.5. The fourth-order valence-electron chi connectivity index (χ4n) is 5.85.